The molecule has 0 bridgehead atoms. The second kappa shape index (κ2) is 7.15. The molecule has 0 aliphatic heterocycles. The van der Waals surface area contributed by atoms with E-state index in [0.29, 0.717) is 18.1 Å². The van der Waals surface area contributed by atoms with E-state index in [-0.39, 0.29) is 18.4 Å². The van der Waals surface area contributed by atoms with E-state index in [1.165, 1.54) is 7.11 Å². The molecule has 1 atom stereocenters. The van der Waals surface area contributed by atoms with Crippen LogP contribution in [0.2, 0.25) is 0 Å². The minimum Gasteiger partial charge on any atom is -0.380 e. The fourth-order valence-corrected chi connectivity index (χ4v) is 2.13. The number of hydrogen-bond acceptors (Lipinski definition) is 5. The highest BCUT2D eigenvalue weighted by molar-refractivity contribution is 5.90. The van der Waals surface area contributed by atoms with E-state index >= 15 is 0 Å². The van der Waals surface area contributed by atoms with Gasteiger partial charge in [-0.25, -0.2) is 9.67 Å². The Bertz CT molecular complexity index is 632. The molecular weight excluding hydrogens is 282 g/mol. The fourth-order valence-electron chi connectivity index (χ4n) is 2.13. The molecule has 1 amide bonds. The summed E-state index contributed by atoms with van der Waals surface area (Å²) in [4.78, 5) is 16.2. The van der Waals surface area contributed by atoms with Gasteiger partial charge in [-0.3, -0.25) is 4.79 Å². The quantitative estimate of drug-likeness (QED) is 0.835. The number of aryl methyl sites for hydroxylation is 2. The summed E-state index contributed by atoms with van der Waals surface area (Å²) in [5.74, 6) is 0.554. The van der Waals surface area contributed by atoms with E-state index in [1.807, 2.05) is 26.0 Å². The zero-order chi connectivity index (χ0) is 16.1. The maximum absolute atomic E-state index is 11.9. The molecule has 2 aromatic rings. The van der Waals surface area contributed by atoms with Crippen molar-refractivity contribution in [2.75, 3.05) is 19.0 Å². The van der Waals surface area contributed by atoms with E-state index in [1.54, 1.807) is 16.9 Å². The van der Waals surface area contributed by atoms with Crippen molar-refractivity contribution in [3.8, 4) is 5.82 Å². The van der Waals surface area contributed by atoms with Gasteiger partial charge in [0.05, 0.1) is 30.1 Å². The minimum absolute atomic E-state index is 0.155. The van der Waals surface area contributed by atoms with Gasteiger partial charge < -0.3 is 15.8 Å². The summed E-state index contributed by atoms with van der Waals surface area (Å²) in [6, 6.07) is 5.59. The van der Waals surface area contributed by atoms with Crippen LogP contribution < -0.4 is 11.1 Å². The van der Waals surface area contributed by atoms with Gasteiger partial charge in [-0.15, -0.1) is 0 Å². The van der Waals surface area contributed by atoms with Crippen LogP contribution in [0.25, 0.3) is 5.82 Å². The maximum Gasteiger partial charge on any atom is 0.227 e. The van der Waals surface area contributed by atoms with Crippen molar-refractivity contribution in [2.24, 2.45) is 5.73 Å². The van der Waals surface area contributed by atoms with Crippen molar-refractivity contribution in [1.82, 2.24) is 14.8 Å². The number of ether oxygens (including phenoxy) is 1. The third-order valence-electron chi connectivity index (χ3n) is 3.27. The number of nitrogens with one attached hydrogen (secondary N) is 1. The number of carbonyl (C=O) groups excluding carboxylic acids is 1. The largest absolute Gasteiger partial charge is 0.380 e. The number of anilines is 1. The van der Waals surface area contributed by atoms with E-state index in [0.717, 1.165) is 11.4 Å². The first-order chi connectivity index (χ1) is 10.5. The molecule has 0 saturated heterocycles. The van der Waals surface area contributed by atoms with Crippen LogP contribution >= 0.6 is 0 Å². The first-order valence-electron chi connectivity index (χ1n) is 7.06. The smallest absolute Gasteiger partial charge is 0.227 e. The first-order valence-corrected chi connectivity index (χ1v) is 7.06. The molecule has 0 aromatic carbocycles. The van der Waals surface area contributed by atoms with E-state index < -0.39 is 0 Å². The van der Waals surface area contributed by atoms with Gasteiger partial charge in [0.15, 0.2) is 5.82 Å². The van der Waals surface area contributed by atoms with Crippen LogP contribution in [-0.4, -0.2) is 40.4 Å². The lowest BCUT2D eigenvalue weighted by Crippen LogP contribution is -2.28. The SMILES string of the molecule is COC(CN)CC(=O)Nc1ccc(-n2nc(C)cc2C)nc1. The van der Waals surface area contributed by atoms with E-state index in [9.17, 15) is 4.79 Å². The molecule has 7 heteroatoms. The number of nitrogens with two attached hydrogens (primary N) is 1. The van der Waals surface area contributed by atoms with Gasteiger partial charge >= 0.3 is 0 Å². The highest BCUT2D eigenvalue weighted by atomic mass is 16.5. The second-order valence-corrected chi connectivity index (χ2v) is 5.09. The molecule has 0 fully saturated rings. The molecule has 22 heavy (non-hydrogen) atoms. The van der Waals surface area contributed by atoms with Gasteiger partial charge in [-0.2, -0.15) is 5.10 Å². The van der Waals surface area contributed by atoms with Crippen molar-refractivity contribution < 1.29 is 9.53 Å². The summed E-state index contributed by atoms with van der Waals surface area (Å²) >= 11 is 0. The van der Waals surface area contributed by atoms with Gasteiger partial charge in [0.1, 0.15) is 0 Å². The lowest BCUT2D eigenvalue weighted by Gasteiger charge is -2.12. The summed E-state index contributed by atoms with van der Waals surface area (Å²) < 4.78 is 6.85. The zero-order valence-electron chi connectivity index (χ0n) is 13.0. The van der Waals surface area contributed by atoms with Crippen LogP contribution in [0, 0.1) is 13.8 Å². The van der Waals surface area contributed by atoms with Crippen molar-refractivity contribution >= 4 is 11.6 Å². The number of aromatic nitrogens is 3. The van der Waals surface area contributed by atoms with Crippen LogP contribution in [0.1, 0.15) is 17.8 Å². The maximum atomic E-state index is 11.9. The predicted molar refractivity (Wildman–Crippen MR) is 83.9 cm³/mol. The van der Waals surface area contributed by atoms with Gasteiger partial charge in [0.25, 0.3) is 0 Å². The van der Waals surface area contributed by atoms with Crippen molar-refractivity contribution in [1.29, 1.82) is 0 Å². The van der Waals surface area contributed by atoms with Crippen molar-refractivity contribution in [3.05, 3.63) is 35.8 Å². The number of hydrogen-bond donors (Lipinski definition) is 2. The summed E-state index contributed by atoms with van der Waals surface area (Å²) in [7, 11) is 1.54. The number of carbonyl (C=O) groups is 1. The van der Waals surface area contributed by atoms with Crippen LogP contribution in [0.15, 0.2) is 24.4 Å². The number of nitrogens with zero attached hydrogens (tertiary/aromatic N) is 3. The number of rotatable bonds is 6. The Hall–Kier alpha value is -2.25. The molecule has 0 saturated carbocycles. The molecule has 2 heterocycles. The molecule has 118 valence electrons. The van der Waals surface area contributed by atoms with Crippen LogP contribution in [-0.2, 0) is 9.53 Å². The third-order valence-corrected chi connectivity index (χ3v) is 3.27. The number of pyridine rings is 1. The molecule has 0 spiro atoms. The third kappa shape index (κ3) is 3.90. The Kier molecular flexibility index (Phi) is 5.24. The average molecular weight is 303 g/mol. The van der Waals surface area contributed by atoms with Gasteiger partial charge in [0.2, 0.25) is 5.91 Å². The molecule has 1 unspecified atom stereocenters. The fraction of sp³-hybridized carbons (Fsp3) is 0.400. The Morgan fingerprint density at radius 2 is 2.23 bits per heavy atom. The number of methoxy groups -OCH3 is 1. The highest BCUT2D eigenvalue weighted by Crippen LogP contribution is 2.13. The van der Waals surface area contributed by atoms with Gasteiger partial charge in [-0.1, -0.05) is 0 Å². The molecular formula is C15H21N5O2. The molecule has 0 radical (unpaired) electrons. The van der Waals surface area contributed by atoms with Crippen LogP contribution in [0.4, 0.5) is 5.69 Å². The molecule has 2 rings (SSSR count). The predicted octanol–water partition coefficient (Wildman–Crippen LogP) is 1.19. The summed E-state index contributed by atoms with van der Waals surface area (Å²) in [6.45, 7) is 4.20. The average Bonchev–Trinajstić information content (AvgIpc) is 2.84. The molecule has 0 aliphatic rings. The first kappa shape index (κ1) is 16.1. The van der Waals surface area contributed by atoms with E-state index in [2.05, 4.69) is 15.4 Å². The summed E-state index contributed by atoms with van der Waals surface area (Å²) in [5.41, 5.74) is 8.07. The second-order valence-electron chi connectivity index (χ2n) is 5.09. The summed E-state index contributed by atoms with van der Waals surface area (Å²) in [6.07, 6.45) is 1.54. The summed E-state index contributed by atoms with van der Waals surface area (Å²) in [5, 5.41) is 7.14. The standard InChI is InChI=1S/C15H21N5O2/c1-10-6-11(2)20(19-10)14-5-4-12(9-17-14)18-15(21)7-13(8-16)22-3/h4-6,9,13H,7-8,16H2,1-3H3,(H,18,21). The van der Waals surface area contributed by atoms with Crippen LogP contribution in [0.3, 0.4) is 0 Å². The van der Waals surface area contributed by atoms with Crippen molar-refractivity contribution in [2.45, 2.75) is 26.4 Å². The normalized spacial score (nSPS) is 12.2. The monoisotopic (exact) mass is 303 g/mol. The lowest BCUT2D eigenvalue weighted by molar-refractivity contribution is -0.118. The Labute approximate surface area is 129 Å². The lowest BCUT2D eigenvalue weighted by atomic mass is 10.2. The van der Waals surface area contributed by atoms with Gasteiger partial charge in [0, 0.05) is 19.3 Å². The molecule has 0 aliphatic carbocycles. The molecule has 3 N–H and O–H groups in total. The number of amides is 1. The Balaban J connectivity index is 2.03. The molecule has 7 nitrogen and oxygen atoms in total. The Morgan fingerprint density at radius 3 is 2.73 bits per heavy atom. The van der Waals surface area contributed by atoms with Crippen LogP contribution in [0.5, 0.6) is 0 Å². The molecule has 2 aromatic heterocycles. The highest BCUT2D eigenvalue weighted by Gasteiger charge is 2.12. The van der Waals surface area contributed by atoms with Gasteiger partial charge in [-0.05, 0) is 32.0 Å². The topological polar surface area (TPSA) is 95.1 Å². The van der Waals surface area contributed by atoms with E-state index in [4.69, 9.17) is 10.5 Å². The Morgan fingerprint density at radius 1 is 1.45 bits per heavy atom. The zero-order valence-corrected chi connectivity index (χ0v) is 13.0. The van der Waals surface area contributed by atoms with Crippen molar-refractivity contribution in [3.63, 3.8) is 0 Å². The minimum atomic E-state index is -0.276.